The molecule has 1 amide bonds. The van der Waals surface area contributed by atoms with E-state index in [2.05, 4.69) is 4.72 Å². The van der Waals surface area contributed by atoms with Crippen molar-refractivity contribution in [2.24, 2.45) is 5.92 Å². The van der Waals surface area contributed by atoms with Crippen LogP contribution in [0.4, 0.5) is 8.78 Å². The smallest absolute Gasteiger partial charge is 0.241 e. The van der Waals surface area contributed by atoms with Crippen molar-refractivity contribution in [1.82, 2.24) is 9.62 Å². The third-order valence-electron chi connectivity index (χ3n) is 6.29. The second-order valence-corrected chi connectivity index (χ2v) is 10.1. The fourth-order valence-corrected chi connectivity index (χ4v) is 5.26. The molecule has 166 valence electrons. The van der Waals surface area contributed by atoms with Gasteiger partial charge in [0.2, 0.25) is 21.9 Å². The van der Waals surface area contributed by atoms with Gasteiger partial charge in [0.1, 0.15) is 5.82 Å². The average Bonchev–Trinajstić information content (AvgIpc) is 3.08. The second-order valence-electron chi connectivity index (χ2n) is 8.38. The SMILES string of the molecule is O=C(C1CCC1)N1CC[C@H](NS(=O)(=O)CF)[C@@H]1Cc1cccc(-c2cccc(F)c2)c1. The molecule has 2 aromatic carbocycles. The molecule has 2 atom stereocenters. The zero-order valence-corrected chi connectivity index (χ0v) is 18.0. The van der Waals surface area contributed by atoms with Gasteiger partial charge in [0.25, 0.3) is 0 Å². The molecule has 2 aromatic rings. The molecular formula is C23H26F2N2O3S. The van der Waals surface area contributed by atoms with E-state index in [0.717, 1.165) is 36.0 Å². The van der Waals surface area contributed by atoms with E-state index < -0.39 is 28.1 Å². The topological polar surface area (TPSA) is 66.5 Å². The van der Waals surface area contributed by atoms with Gasteiger partial charge in [0.15, 0.2) is 0 Å². The van der Waals surface area contributed by atoms with Gasteiger partial charge in [-0.1, -0.05) is 42.8 Å². The molecule has 31 heavy (non-hydrogen) atoms. The first-order valence-electron chi connectivity index (χ1n) is 10.6. The van der Waals surface area contributed by atoms with E-state index in [-0.39, 0.29) is 17.6 Å². The van der Waals surface area contributed by atoms with Crippen LogP contribution in [0.15, 0.2) is 48.5 Å². The van der Waals surface area contributed by atoms with Gasteiger partial charge in [0.05, 0.1) is 6.04 Å². The molecule has 4 rings (SSSR count). The lowest BCUT2D eigenvalue weighted by Crippen LogP contribution is -2.50. The molecule has 1 saturated heterocycles. The summed E-state index contributed by atoms with van der Waals surface area (Å²) in [6.07, 6.45) is 3.63. The lowest BCUT2D eigenvalue weighted by molar-refractivity contribution is -0.139. The fraction of sp³-hybridized carbons (Fsp3) is 0.435. The van der Waals surface area contributed by atoms with Crippen molar-refractivity contribution in [3.8, 4) is 11.1 Å². The minimum Gasteiger partial charge on any atom is -0.337 e. The number of nitrogens with one attached hydrogen (secondary N) is 1. The Hall–Kier alpha value is -2.32. The number of sulfonamides is 1. The van der Waals surface area contributed by atoms with Gasteiger partial charge < -0.3 is 4.90 Å². The summed E-state index contributed by atoms with van der Waals surface area (Å²) in [5, 5.41) is 0. The van der Waals surface area contributed by atoms with Crippen LogP contribution in [-0.4, -0.2) is 43.9 Å². The highest BCUT2D eigenvalue weighted by atomic mass is 32.2. The molecule has 1 saturated carbocycles. The van der Waals surface area contributed by atoms with Gasteiger partial charge in [-0.15, -0.1) is 0 Å². The minimum atomic E-state index is -4.04. The van der Waals surface area contributed by atoms with Gasteiger partial charge in [-0.25, -0.2) is 21.9 Å². The highest BCUT2D eigenvalue weighted by molar-refractivity contribution is 7.89. The molecular weight excluding hydrogens is 422 g/mol. The van der Waals surface area contributed by atoms with Crippen molar-refractivity contribution in [2.75, 3.05) is 12.6 Å². The lowest BCUT2D eigenvalue weighted by atomic mass is 9.84. The zero-order valence-electron chi connectivity index (χ0n) is 17.1. The molecule has 0 aromatic heterocycles. The van der Waals surface area contributed by atoms with E-state index in [1.165, 1.54) is 12.1 Å². The van der Waals surface area contributed by atoms with Crippen LogP contribution in [0.1, 0.15) is 31.2 Å². The zero-order chi connectivity index (χ0) is 22.0. The number of hydrogen-bond donors (Lipinski definition) is 1. The molecule has 0 unspecified atom stereocenters. The quantitative estimate of drug-likeness (QED) is 0.703. The van der Waals surface area contributed by atoms with E-state index in [9.17, 15) is 22.0 Å². The summed E-state index contributed by atoms with van der Waals surface area (Å²) in [5.74, 6) is -0.270. The third kappa shape index (κ3) is 4.96. The number of carbonyl (C=O) groups is 1. The Balaban J connectivity index is 1.59. The summed E-state index contributed by atoms with van der Waals surface area (Å²) in [4.78, 5) is 14.7. The van der Waals surface area contributed by atoms with Gasteiger partial charge in [0, 0.05) is 18.5 Å². The standard InChI is InChI=1S/C23H26F2N2O3S/c24-15-31(29,30)26-21-10-11-27(23(28)17-5-2-6-17)22(21)13-16-4-1-7-18(12-16)19-8-3-9-20(25)14-19/h1,3-4,7-9,12,14,17,21-22,26H,2,5-6,10-11,13,15H2/t21-,22-/m0/s1. The van der Waals surface area contributed by atoms with Crippen LogP contribution in [0, 0.1) is 11.7 Å². The Morgan fingerprint density at radius 3 is 2.42 bits per heavy atom. The van der Waals surface area contributed by atoms with Crippen molar-refractivity contribution in [3.05, 3.63) is 59.9 Å². The van der Waals surface area contributed by atoms with Crippen LogP contribution in [0.3, 0.4) is 0 Å². The van der Waals surface area contributed by atoms with E-state index >= 15 is 0 Å². The monoisotopic (exact) mass is 448 g/mol. The Morgan fingerprint density at radius 1 is 1.06 bits per heavy atom. The van der Waals surface area contributed by atoms with E-state index in [4.69, 9.17) is 0 Å². The second kappa shape index (κ2) is 9.04. The number of alkyl halides is 1. The van der Waals surface area contributed by atoms with E-state index in [1.807, 2.05) is 30.3 Å². The summed E-state index contributed by atoms with van der Waals surface area (Å²) >= 11 is 0. The van der Waals surface area contributed by atoms with Crippen LogP contribution >= 0.6 is 0 Å². The van der Waals surface area contributed by atoms with E-state index in [1.54, 1.807) is 11.0 Å². The number of amides is 1. The Bertz CT molecular complexity index is 1060. The fourth-order valence-electron chi connectivity index (χ4n) is 4.46. The maximum absolute atomic E-state index is 13.6. The molecule has 0 spiro atoms. The molecule has 2 aliphatic rings. The molecule has 2 fully saturated rings. The van der Waals surface area contributed by atoms with Crippen LogP contribution in [0.2, 0.25) is 0 Å². The van der Waals surface area contributed by atoms with Crippen LogP contribution < -0.4 is 4.72 Å². The molecule has 0 bridgehead atoms. The number of hydrogen-bond acceptors (Lipinski definition) is 3. The minimum absolute atomic E-state index is 0.00217. The van der Waals surface area contributed by atoms with Gasteiger partial charge in [-0.2, -0.15) is 0 Å². The summed E-state index contributed by atoms with van der Waals surface area (Å²) in [6.45, 7) is 0.447. The van der Waals surface area contributed by atoms with Crippen molar-refractivity contribution in [3.63, 3.8) is 0 Å². The molecule has 1 N–H and O–H groups in total. The largest absolute Gasteiger partial charge is 0.337 e. The van der Waals surface area contributed by atoms with E-state index in [0.29, 0.717) is 19.4 Å². The van der Waals surface area contributed by atoms with Gasteiger partial charge >= 0.3 is 0 Å². The molecule has 5 nitrogen and oxygen atoms in total. The first-order valence-corrected chi connectivity index (χ1v) is 12.2. The van der Waals surface area contributed by atoms with Crippen molar-refractivity contribution in [2.45, 2.75) is 44.2 Å². The number of rotatable bonds is 7. The Labute approximate surface area is 181 Å². The predicted molar refractivity (Wildman–Crippen MR) is 115 cm³/mol. The highest BCUT2D eigenvalue weighted by Gasteiger charge is 2.42. The van der Waals surface area contributed by atoms with Gasteiger partial charge in [-0.3, -0.25) is 4.79 Å². The van der Waals surface area contributed by atoms with Crippen molar-refractivity contribution < 1.29 is 22.0 Å². The number of benzene rings is 2. The number of halogens is 2. The summed E-state index contributed by atoms with van der Waals surface area (Å²) in [6, 6.07) is 11.5. The van der Waals surface area contributed by atoms with Crippen LogP contribution in [-0.2, 0) is 21.2 Å². The maximum atomic E-state index is 13.6. The first-order chi connectivity index (χ1) is 14.9. The first kappa shape index (κ1) is 21.9. The lowest BCUT2D eigenvalue weighted by Gasteiger charge is -2.34. The summed E-state index contributed by atoms with van der Waals surface area (Å²) in [5.41, 5.74) is 2.49. The van der Waals surface area contributed by atoms with Crippen LogP contribution in [0.25, 0.3) is 11.1 Å². The van der Waals surface area contributed by atoms with Crippen molar-refractivity contribution >= 4 is 15.9 Å². The molecule has 8 heteroatoms. The normalized spacial score (nSPS) is 21.8. The Morgan fingerprint density at radius 2 is 1.77 bits per heavy atom. The molecule has 1 heterocycles. The highest BCUT2D eigenvalue weighted by Crippen LogP contribution is 2.33. The third-order valence-corrected chi connectivity index (χ3v) is 7.24. The predicted octanol–water partition coefficient (Wildman–Crippen LogP) is 3.65. The molecule has 1 aliphatic carbocycles. The number of nitrogens with zero attached hydrogens (tertiary/aromatic N) is 1. The maximum Gasteiger partial charge on any atom is 0.241 e. The molecule has 0 radical (unpaired) electrons. The summed E-state index contributed by atoms with van der Waals surface area (Å²) in [7, 11) is -4.04. The average molecular weight is 449 g/mol. The van der Waals surface area contributed by atoms with Crippen molar-refractivity contribution in [1.29, 1.82) is 0 Å². The Kier molecular flexibility index (Phi) is 6.39. The van der Waals surface area contributed by atoms with Crippen LogP contribution in [0.5, 0.6) is 0 Å². The molecule has 1 aliphatic heterocycles. The number of carbonyl (C=O) groups excluding carboxylic acids is 1. The number of likely N-dealkylation sites (tertiary alicyclic amines) is 1. The van der Waals surface area contributed by atoms with Gasteiger partial charge in [-0.05, 0) is 54.5 Å². The summed E-state index contributed by atoms with van der Waals surface area (Å²) < 4.78 is 52.8.